The lowest BCUT2D eigenvalue weighted by molar-refractivity contribution is 0.663. The lowest BCUT2D eigenvalue weighted by Crippen LogP contribution is -1.86. The highest BCUT2D eigenvalue weighted by molar-refractivity contribution is 6.26. The smallest absolute Gasteiger partial charge is 0.147 e. The van der Waals surface area contributed by atoms with Gasteiger partial charge in [-0.25, -0.2) is 0 Å². The minimum atomic E-state index is 0.841. The van der Waals surface area contributed by atoms with Gasteiger partial charge in [0.25, 0.3) is 0 Å². The predicted molar refractivity (Wildman–Crippen MR) is 219 cm³/mol. The van der Waals surface area contributed by atoms with Crippen molar-refractivity contribution < 1.29 is 8.83 Å². The molecule has 0 atom stereocenters. The van der Waals surface area contributed by atoms with Crippen LogP contribution in [0.5, 0.6) is 0 Å². The van der Waals surface area contributed by atoms with E-state index in [2.05, 4.69) is 158 Å². The maximum absolute atomic E-state index is 6.40. The van der Waals surface area contributed by atoms with E-state index < -0.39 is 0 Å². The van der Waals surface area contributed by atoms with Crippen LogP contribution in [-0.4, -0.2) is 0 Å². The van der Waals surface area contributed by atoms with Gasteiger partial charge in [0.1, 0.15) is 22.3 Å². The Balaban J connectivity index is 0.963. The SMILES string of the molecule is c1ccc2c(c1)oc1c2ccc2oc3ccc(-c4ccc5c(ccc6cc(-c7ccc8c9ccccc9c9ccccc9c8c7)ccc65)c4)cc3c21. The Bertz CT molecular complexity index is 3430. The standard InChI is InChI=1S/C50H28O2/c1-2-9-39-37(7-1)38-8-3-4-10-40(38)44-27-31(17-21-41(39)44)29-15-19-35-33(25-29)13-14-34-26-30(16-20-36(34)35)32-18-23-47-45(28-32)49-48(51-47)24-22-43-42-11-5-6-12-46(42)52-50(43)49/h1-28H. The molecule has 52 heavy (non-hydrogen) atoms. The molecule has 0 spiro atoms. The lowest BCUT2D eigenvalue weighted by atomic mass is 9.91. The Morgan fingerprint density at radius 3 is 1.35 bits per heavy atom. The highest BCUT2D eigenvalue weighted by Crippen LogP contribution is 2.42. The second-order valence-electron chi connectivity index (χ2n) is 14.0. The van der Waals surface area contributed by atoms with Crippen molar-refractivity contribution in [3.8, 4) is 22.3 Å². The largest absolute Gasteiger partial charge is 0.456 e. The molecule has 0 saturated heterocycles. The van der Waals surface area contributed by atoms with Crippen LogP contribution in [0.1, 0.15) is 0 Å². The van der Waals surface area contributed by atoms with Crippen molar-refractivity contribution in [1.82, 2.24) is 0 Å². The van der Waals surface area contributed by atoms with E-state index in [1.807, 2.05) is 12.1 Å². The molecule has 0 amide bonds. The fourth-order valence-corrected chi connectivity index (χ4v) is 8.74. The molecule has 0 unspecified atom stereocenters. The number of fused-ring (bicyclic) bond motifs is 16. The quantitative estimate of drug-likeness (QED) is 0.173. The first-order chi connectivity index (χ1) is 25.7. The summed E-state index contributed by atoms with van der Waals surface area (Å²) in [5.41, 5.74) is 8.25. The highest BCUT2D eigenvalue weighted by Gasteiger charge is 2.17. The average Bonchev–Trinajstić information content (AvgIpc) is 3.78. The van der Waals surface area contributed by atoms with E-state index in [1.165, 1.54) is 70.6 Å². The van der Waals surface area contributed by atoms with Gasteiger partial charge < -0.3 is 8.83 Å². The molecule has 2 heteroatoms. The van der Waals surface area contributed by atoms with Crippen molar-refractivity contribution in [2.24, 2.45) is 0 Å². The van der Waals surface area contributed by atoms with E-state index in [9.17, 15) is 0 Å². The third-order valence-electron chi connectivity index (χ3n) is 11.2. The van der Waals surface area contributed by atoms with Crippen LogP contribution in [0.25, 0.3) is 120 Å². The summed E-state index contributed by atoms with van der Waals surface area (Å²) in [7, 11) is 0. The second kappa shape index (κ2) is 10.3. The summed E-state index contributed by atoms with van der Waals surface area (Å²) in [5.74, 6) is 0. The summed E-state index contributed by atoms with van der Waals surface area (Å²) in [6.45, 7) is 0. The van der Waals surface area contributed by atoms with Crippen LogP contribution in [0.3, 0.4) is 0 Å². The molecule has 0 saturated carbocycles. The van der Waals surface area contributed by atoms with E-state index in [1.54, 1.807) is 0 Å². The molecule has 0 fully saturated rings. The summed E-state index contributed by atoms with van der Waals surface area (Å²) in [5, 5.41) is 17.1. The Morgan fingerprint density at radius 1 is 0.250 bits per heavy atom. The lowest BCUT2D eigenvalue weighted by Gasteiger charge is -2.13. The first kappa shape index (κ1) is 27.9. The fourth-order valence-electron chi connectivity index (χ4n) is 8.74. The van der Waals surface area contributed by atoms with Gasteiger partial charge >= 0.3 is 0 Å². The number of benzene rings is 10. The molecule has 10 aromatic carbocycles. The summed E-state index contributed by atoms with van der Waals surface area (Å²) in [6, 6.07) is 61.6. The van der Waals surface area contributed by atoms with Gasteiger partial charge in [-0.15, -0.1) is 0 Å². The van der Waals surface area contributed by atoms with Gasteiger partial charge in [-0.2, -0.15) is 0 Å². The van der Waals surface area contributed by atoms with Gasteiger partial charge in [0.15, 0.2) is 0 Å². The summed E-state index contributed by atoms with van der Waals surface area (Å²) in [4.78, 5) is 0. The van der Waals surface area contributed by atoms with E-state index in [4.69, 9.17) is 8.83 Å². The third kappa shape index (κ3) is 3.89. The molecule has 0 aliphatic carbocycles. The Kier molecular flexibility index (Phi) is 5.53. The minimum Gasteiger partial charge on any atom is -0.456 e. The summed E-state index contributed by atoms with van der Waals surface area (Å²) < 4.78 is 12.7. The van der Waals surface area contributed by atoms with Gasteiger partial charge in [0, 0.05) is 16.2 Å². The van der Waals surface area contributed by atoms with Gasteiger partial charge in [-0.05, 0) is 125 Å². The van der Waals surface area contributed by atoms with Crippen LogP contribution in [0, 0.1) is 0 Å². The van der Waals surface area contributed by atoms with E-state index in [0.29, 0.717) is 0 Å². The molecular formula is C50H28O2. The van der Waals surface area contributed by atoms with Gasteiger partial charge in [-0.3, -0.25) is 0 Å². The van der Waals surface area contributed by atoms with E-state index in [-0.39, 0.29) is 0 Å². The van der Waals surface area contributed by atoms with Crippen LogP contribution >= 0.6 is 0 Å². The molecule has 2 aromatic heterocycles. The Hall–Kier alpha value is -6.90. The van der Waals surface area contributed by atoms with Crippen molar-refractivity contribution in [2.45, 2.75) is 0 Å². The molecule has 0 radical (unpaired) electrons. The van der Waals surface area contributed by atoms with Gasteiger partial charge in [0.2, 0.25) is 0 Å². The normalized spacial score (nSPS) is 12.2. The van der Waals surface area contributed by atoms with Crippen LogP contribution in [0.4, 0.5) is 0 Å². The number of furan rings is 2. The highest BCUT2D eigenvalue weighted by atomic mass is 16.3. The molecule has 240 valence electrons. The zero-order chi connectivity index (χ0) is 33.9. The number of para-hydroxylation sites is 1. The van der Waals surface area contributed by atoms with Crippen LogP contribution in [-0.2, 0) is 0 Å². The monoisotopic (exact) mass is 660 g/mol. The molecule has 0 aliphatic rings. The van der Waals surface area contributed by atoms with Crippen molar-refractivity contribution in [2.75, 3.05) is 0 Å². The number of rotatable bonds is 2. The summed E-state index contributed by atoms with van der Waals surface area (Å²) >= 11 is 0. The van der Waals surface area contributed by atoms with Crippen LogP contribution < -0.4 is 0 Å². The molecule has 0 aliphatic heterocycles. The van der Waals surface area contributed by atoms with Crippen LogP contribution in [0.2, 0.25) is 0 Å². The maximum atomic E-state index is 6.40. The van der Waals surface area contributed by atoms with Crippen LogP contribution in [0.15, 0.2) is 179 Å². The zero-order valence-corrected chi connectivity index (χ0v) is 28.0. The van der Waals surface area contributed by atoms with Crippen molar-refractivity contribution >= 4 is 97.7 Å². The fraction of sp³-hybridized carbons (Fsp3) is 0. The molecular weight excluding hydrogens is 633 g/mol. The zero-order valence-electron chi connectivity index (χ0n) is 28.0. The van der Waals surface area contributed by atoms with Crippen molar-refractivity contribution in [1.29, 1.82) is 0 Å². The second-order valence-corrected chi connectivity index (χ2v) is 14.0. The first-order valence-corrected chi connectivity index (χ1v) is 17.8. The minimum absolute atomic E-state index is 0.841. The molecule has 2 nitrogen and oxygen atoms in total. The maximum Gasteiger partial charge on any atom is 0.147 e. The van der Waals surface area contributed by atoms with Crippen molar-refractivity contribution in [3.05, 3.63) is 170 Å². The molecule has 0 bridgehead atoms. The Labute approximate surface area is 297 Å². The molecule has 12 aromatic rings. The third-order valence-corrected chi connectivity index (χ3v) is 11.2. The van der Waals surface area contributed by atoms with E-state index in [0.717, 1.165) is 49.4 Å². The average molecular weight is 661 g/mol. The van der Waals surface area contributed by atoms with Gasteiger partial charge in [-0.1, -0.05) is 121 Å². The topological polar surface area (TPSA) is 26.3 Å². The van der Waals surface area contributed by atoms with Crippen molar-refractivity contribution in [3.63, 3.8) is 0 Å². The molecule has 12 rings (SSSR count). The number of hydrogen-bond donors (Lipinski definition) is 0. The Morgan fingerprint density at radius 2 is 0.692 bits per heavy atom. The molecule has 0 N–H and O–H groups in total. The molecule has 2 heterocycles. The predicted octanol–water partition coefficient (Wildman–Crippen LogP) is 14.6. The van der Waals surface area contributed by atoms with Gasteiger partial charge in [0.05, 0.1) is 5.39 Å². The first-order valence-electron chi connectivity index (χ1n) is 17.8. The summed E-state index contributed by atoms with van der Waals surface area (Å²) in [6.07, 6.45) is 0. The number of hydrogen-bond acceptors (Lipinski definition) is 2. The van der Waals surface area contributed by atoms with E-state index >= 15 is 0 Å².